The van der Waals surface area contributed by atoms with Gasteiger partial charge in [-0.05, 0) is 26.0 Å². The molecule has 1 aromatic carbocycles. The van der Waals surface area contributed by atoms with Crippen LogP contribution in [0.4, 0.5) is 4.39 Å². The van der Waals surface area contributed by atoms with Crippen LogP contribution in [0.2, 0.25) is 5.02 Å². The van der Waals surface area contributed by atoms with Crippen molar-refractivity contribution in [2.24, 2.45) is 0 Å². The molecule has 0 radical (unpaired) electrons. The average Bonchev–Trinajstić information content (AvgIpc) is 2.87. The fraction of sp³-hybridized carbons (Fsp3) is 0.333. The van der Waals surface area contributed by atoms with Gasteiger partial charge in [0.25, 0.3) is 0 Å². The Morgan fingerprint density at radius 2 is 2.14 bits per heavy atom. The molecule has 0 saturated carbocycles. The molecule has 7 heteroatoms. The Balaban J connectivity index is 2.39. The molecule has 0 unspecified atom stereocenters. The number of carbonyl (C=O) groups excluding carboxylic acids is 1. The first-order valence-electron chi connectivity index (χ1n) is 6.55. The maximum absolute atomic E-state index is 13.9. The molecule has 0 aliphatic rings. The number of hydrogen-bond donors (Lipinski definition) is 0. The molecule has 2 rings (SSSR count). The first-order chi connectivity index (χ1) is 10.4. The Hall–Kier alpha value is -1.92. The summed E-state index contributed by atoms with van der Waals surface area (Å²) in [4.78, 5) is 11.4. The summed E-state index contributed by atoms with van der Waals surface area (Å²) in [6.45, 7) is 4.07. The summed E-state index contributed by atoms with van der Waals surface area (Å²) >= 11 is 5.71. The van der Waals surface area contributed by atoms with Crippen LogP contribution in [-0.4, -0.2) is 29.8 Å². The fourth-order valence-electron chi connectivity index (χ4n) is 2.11. The molecular weight excluding hydrogens is 311 g/mol. The van der Waals surface area contributed by atoms with Gasteiger partial charge in [0.05, 0.1) is 23.4 Å². The molecule has 0 spiro atoms. The van der Waals surface area contributed by atoms with Gasteiger partial charge in [-0.1, -0.05) is 17.7 Å². The van der Waals surface area contributed by atoms with Crippen molar-refractivity contribution in [1.29, 1.82) is 0 Å². The van der Waals surface area contributed by atoms with E-state index in [4.69, 9.17) is 21.1 Å². The van der Waals surface area contributed by atoms with Crippen molar-refractivity contribution in [3.05, 3.63) is 40.9 Å². The van der Waals surface area contributed by atoms with Gasteiger partial charge in [0, 0.05) is 7.11 Å². The second-order valence-electron chi connectivity index (χ2n) is 5.32. The molecule has 0 atom stereocenters. The maximum atomic E-state index is 13.9. The van der Waals surface area contributed by atoms with E-state index >= 15 is 0 Å². The standard InChI is InChI=1S/C15H16ClFN2O3/c1-15(2,9-21-3)19-11(8-20)13(7-18-19)22-12-6-4-5-10(16)14(12)17/h4-8H,9H2,1-3H3. The number of aromatic nitrogens is 2. The molecule has 1 heterocycles. The van der Waals surface area contributed by atoms with Gasteiger partial charge in [0.15, 0.2) is 23.6 Å². The van der Waals surface area contributed by atoms with Crippen LogP contribution in [0.5, 0.6) is 11.5 Å². The predicted octanol–water partition coefficient (Wildman–Crippen LogP) is 3.66. The van der Waals surface area contributed by atoms with Crippen LogP contribution in [0, 0.1) is 5.82 Å². The second-order valence-corrected chi connectivity index (χ2v) is 5.73. The van der Waals surface area contributed by atoms with Gasteiger partial charge in [-0.3, -0.25) is 9.48 Å². The van der Waals surface area contributed by atoms with Crippen molar-refractivity contribution in [3.63, 3.8) is 0 Å². The Morgan fingerprint density at radius 1 is 1.41 bits per heavy atom. The third-order valence-corrected chi connectivity index (χ3v) is 3.38. The largest absolute Gasteiger partial charge is 0.450 e. The molecule has 0 N–H and O–H groups in total. The minimum Gasteiger partial charge on any atom is -0.450 e. The van der Waals surface area contributed by atoms with E-state index in [-0.39, 0.29) is 22.2 Å². The van der Waals surface area contributed by atoms with Gasteiger partial charge >= 0.3 is 0 Å². The number of nitrogens with zero attached hydrogens (tertiary/aromatic N) is 2. The van der Waals surface area contributed by atoms with Crippen LogP contribution in [-0.2, 0) is 10.3 Å². The van der Waals surface area contributed by atoms with Crippen LogP contribution in [0.3, 0.4) is 0 Å². The fourth-order valence-corrected chi connectivity index (χ4v) is 2.27. The molecular formula is C15H16ClFN2O3. The van der Waals surface area contributed by atoms with E-state index < -0.39 is 11.4 Å². The molecule has 2 aromatic rings. The normalized spacial score (nSPS) is 11.5. The topological polar surface area (TPSA) is 53.4 Å². The van der Waals surface area contributed by atoms with Crippen LogP contribution >= 0.6 is 11.6 Å². The van der Waals surface area contributed by atoms with E-state index in [1.807, 2.05) is 13.8 Å². The van der Waals surface area contributed by atoms with Crippen LogP contribution in [0.15, 0.2) is 24.4 Å². The van der Waals surface area contributed by atoms with Crippen LogP contribution in [0.25, 0.3) is 0 Å². The zero-order valence-corrected chi connectivity index (χ0v) is 13.2. The Morgan fingerprint density at radius 3 is 2.77 bits per heavy atom. The van der Waals surface area contributed by atoms with E-state index in [9.17, 15) is 9.18 Å². The van der Waals surface area contributed by atoms with E-state index in [0.29, 0.717) is 12.9 Å². The minimum atomic E-state index is -0.690. The molecule has 0 aliphatic heterocycles. The highest BCUT2D eigenvalue weighted by atomic mass is 35.5. The smallest absolute Gasteiger partial charge is 0.184 e. The summed E-state index contributed by atoms with van der Waals surface area (Å²) in [7, 11) is 1.56. The summed E-state index contributed by atoms with van der Waals surface area (Å²) < 4.78 is 26.0. The number of rotatable bonds is 6. The number of methoxy groups -OCH3 is 1. The third-order valence-electron chi connectivity index (χ3n) is 3.09. The highest BCUT2D eigenvalue weighted by Gasteiger charge is 2.27. The van der Waals surface area contributed by atoms with Gasteiger partial charge in [-0.25, -0.2) is 4.39 Å². The second kappa shape index (κ2) is 6.46. The number of hydrogen-bond acceptors (Lipinski definition) is 4. The van der Waals surface area contributed by atoms with E-state index in [1.165, 1.54) is 23.0 Å². The molecule has 0 bridgehead atoms. The first-order valence-corrected chi connectivity index (χ1v) is 6.93. The summed E-state index contributed by atoms with van der Waals surface area (Å²) in [6.07, 6.45) is 1.98. The van der Waals surface area contributed by atoms with E-state index in [2.05, 4.69) is 5.10 Å². The van der Waals surface area contributed by atoms with Crippen molar-refractivity contribution in [2.75, 3.05) is 13.7 Å². The predicted molar refractivity (Wildman–Crippen MR) is 80.3 cm³/mol. The molecule has 22 heavy (non-hydrogen) atoms. The molecule has 0 fully saturated rings. The van der Waals surface area contributed by atoms with Crippen molar-refractivity contribution in [1.82, 2.24) is 9.78 Å². The van der Waals surface area contributed by atoms with Crippen molar-refractivity contribution < 1.29 is 18.7 Å². The molecule has 1 aromatic heterocycles. The number of carbonyl (C=O) groups is 1. The maximum Gasteiger partial charge on any atom is 0.184 e. The molecule has 0 saturated heterocycles. The summed E-state index contributed by atoms with van der Waals surface area (Å²) in [6, 6.07) is 4.39. The van der Waals surface area contributed by atoms with E-state index in [0.717, 1.165) is 0 Å². The molecule has 5 nitrogen and oxygen atoms in total. The lowest BCUT2D eigenvalue weighted by Crippen LogP contribution is -2.33. The SMILES string of the molecule is COCC(C)(C)n1ncc(Oc2cccc(Cl)c2F)c1C=O. The Kier molecular flexibility index (Phi) is 4.83. The molecule has 0 aliphatic carbocycles. The first kappa shape index (κ1) is 16.5. The van der Waals surface area contributed by atoms with Gasteiger partial charge in [0.1, 0.15) is 5.69 Å². The van der Waals surface area contributed by atoms with Crippen molar-refractivity contribution >= 4 is 17.9 Å². The van der Waals surface area contributed by atoms with Gasteiger partial charge in [0.2, 0.25) is 0 Å². The lowest BCUT2D eigenvalue weighted by atomic mass is 10.1. The summed E-state index contributed by atoms with van der Waals surface area (Å²) in [5.74, 6) is -0.607. The quantitative estimate of drug-likeness (QED) is 0.760. The number of aldehydes is 1. The van der Waals surface area contributed by atoms with E-state index in [1.54, 1.807) is 13.2 Å². The minimum absolute atomic E-state index is 0.0581. The van der Waals surface area contributed by atoms with Crippen LogP contribution < -0.4 is 4.74 Å². The van der Waals surface area contributed by atoms with Gasteiger partial charge < -0.3 is 9.47 Å². The number of benzene rings is 1. The lowest BCUT2D eigenvalue weighted by molar-refractivity contribution is 0.0946. The Bertz CT molecular complexity index is 685. The zero-order chi connectivity index (χ0) is 16.3. The van der Waals surface area contributed by atoms with Crippen molar-refractivity contribution in [3.8, 4) is 11.5 Å². The number of halogens is 2. The number of ether oxygens (including phenoxy) is 2. The van der Waals surface area contributed by atoms with Gasteiger partial charge in [-0.2, -0.15) is 5.10 Å². The highest BCUT2D eigenvalue weighted by molar-refractivity contribution is 6.30. The van der Waals surface area contributed by atoms with Gasteiger partial charge in [-0.15, -0.1) is 0 Å². The third kappa shape index (κ3) is 3.13. The average molecular weight is 327 g/mol. The lowest BCUT2D eigenvalue weighted by Gasteiger charge is -2.25. The van der Waals surface area contributed by atoms with Crippen LogP contribution in [0.1, 0.15) is 24.3 Å². The highest BCUT2D eigenvalue weighted by Crippen LogP contribution is 2.31. The zero-order valence-electron chi connectivity index (χ0n) is 12.5. The van der Waals surface area contributed by atoms with Crippen molar-refractivity contribution in [2.45, 2.75) is 19.4 Å². The molecule has 118 valence electrons. The monoisotopic (exact) mass is 326 g/mol. The Labute approximate surface area is 132 Å². The summed E-state index contributed by atoms with van der Waals surface area (Å²) in [5.41, 5.74) is -0.360. The molecule has 0 amide bonds. The summed E-state index contributed by atoms with van der Waals surface area (Å²) in [5, 5.41) is 4.09.